The summed E-state index contributed by atoms with van der Waals surface area (Å²) in [6.07, 6.45) is -0.591. The van der Waals surface area contributed by atoms with Gasteiger partial charge in [0.1, 0.15) is 0 Å². The summed E-state index contributed by atoms with van der Waals surface area (Å²) in [5.74, 6) is 0. The van der Waals surface area contributed by atoms with Gasteiger partial charge in [0.25, 0.3) is 0 Å². The fourth-order valence-corrected chi connectivity index (χ4v) is 1.35. The second-order valence-electron chi connectivity index (χ2n) is 2.78. The molecule has 86 valence electrons. The maximum absolute atomic E-state index is 11.0. The average molecular weight is 259 g/mol. The van der Waals surface area contributed by atoms with Crippen molar-refractivity contribution >= 4 is 40.7 Å². The van der Waals surface area contributed by atoms with Crippen LogP contribution in [0.25, 0.3) is 0 Å². The first-order valence-electron chi connectivity index (χ1n) is 4.62. The molecule has 6 heteroatoms. The van der Waals surface area contributed by atoms with E-state index in [1.165, 1.54) is 0 Å². The Morgan fingerprint density at radius 1 is 1.50 bits per heavy atom. The minimum atomic E-state index is -0.591. The van der Waals surface area contributed by atoms with Crippen LogP contribution in [0.4, 0.5) is 10.5 Å². The number of rotatable bonds is 2. The molecule has 0 unspecified atom stereocenters. The van der Waals surface area contributed by atoms with E-state index in [9.17, 15) is 4.79 Å². The van der Waals surface area contributed by atoms with E-state index in [-0.39, 0.29) is 5.11 Å². The van der Waals surface area contributed by atoms with Crippen LogP contribution in [0.15, 0.2) is 24.3 Å². The molecule has 0 spiro atoms. The fraction of sp³-hybridized carbons (Fsp3) is 0.200. The maximum atomic E-state index is 11.0. The molecule has 1 aromatic carbocycles. The first-order chi connectivity index (χ1) is 7.63. The van der Waals surface area contributed by atoms with Crippen molar-refractivity contribution in [2.75, 3.05) is 11.9 Å². The summed E-state index contributed by atoms with van der Waals surface area (Å²) < 4.78 is 4.67. The van der Waals surface area contributed by atoms with Gasteiger partial charge in [-0.15, -0.1) is 0 Å². The first-order valence-corrected chi connectivity index (χ1v) is 5.41. The molecule has 0 radical (unpaired) electrons. The van der Waals surface area contributed by atoms with Gasteiger partial charge in [-0.2, -0.15) is 0 Å². The summed E-state index contributed by atoms with van der Waals surface area (Å²) in [5, 5.41) is 5.81. The van der Waals surface area contributed by atoms with E-state index < -0.39 is 6.09 Å². The number of amides is 1. The Balaban J connectivity index is 2.52. The van der Waals surface area contributed by atoms with Gasteiger partial charge in [0.15, 0.2) is 5.11 Å². The number of halogens is 1. The molecule has 0 heterocycles. The third-order valence-corrected chi connectivity index (χ3v) is 2.15. The Kier molecular flexibility index (Phi) is 5.01. The molecule has 0 fully saturated rings. The fourth-order valence-electron chi connectivity index (χ4n) is 0.976. The minimum Gasteiger partial charge on any atom is -0.450 e. The van der Waals surface area contributed by atoms with E-state index in [0.29, 0.717) is 17.3 Å². The Morgan fingerprint density at radius 2 is 2.19 bits per heavy atom. The minimum absolute atomic E-state index is 0.145. The largest absolute Gasteiger partial charge is 0.450 e. The average Bonchev–Trinajstić information content (AvgIpc) is 2.21. The summed E-state index contributed by atoms with van der Waals surface area (Å²) in [6.45, 7) is 2.00. The van der Waals surface area contributed by atoms with Crippen LogP contribution >= 0.6 is 23.8 Å². The van der Waals surface area contributed by atoms with Gasteiger partial charge in [-0.25, -0.2) is 4.79 Å². The van der Waals surface area contributed by atoms with E-state index in [1.807, 2.05) is 0 Å². The molecule has 4 nitrogen and oxygen atoms in total. The molecule has 0 atom stereocenters. The first kappa shape index (κ1) is 12.7. The number of carbonyl (C=O) groups excluding carboxylic acids is 1. The lowest BCUT2D eigenvalue weighted by Gasteiger charge is -2.10. The third kappa shape index (κ3) is 4.04. The number of hydrogen-bond acceptors (Lipinski definition) is 3. The van der Waals surface area contributed by atoms with Gasteiger partial charge in [-0.05, 0) is 31.3 Å². The van der Waals surface area contributed by atoms with Gasteiger partial charge in [-0.3, -0.25) is 5.32 Å². The summed E-state index contributed by atoms with van der Waals surface area (Å²) in [4.78, 5) is 11.0. The number of hydrogen-bond donors (Lipinski definition) is 2. The molecule has 0 aliphatic heterocycles. The molecular weight excluding hydrogens is 248 g/mol. The smallest absolute Gasteiger partial charge is 0.413 e. The molecule has 2 N–H and O–H groups in total. The van der Waals surface area contributed by atoms with E-state index in [0.717, 1.165) is 0 Å². The summed E-state index contributed by atoms with van der Waals surface area (Å²) in [7, 11) is 0. The number of ether oxygens (including phenoxy) is 1. The Bertz CT molecular complexity index is 398. The predicted molar refractivity (Wildman–Crippen MR) is 67.8 cm³/mol. The monoisotopic (exact) mass is 258 g/mol. The van der Waals surface area contributed by atoms with Crippen molar-refractivity contribution in [2.24, 2.45) is 0 Å². The van der Waals surface area contributed by atoms with Crippen LogP contribution in [-0.4, -0.2) is 17.8 Å². The molecule has 1 aromatic rings. The van der Waals surface area contributed by atoms with Crippen LogP contribution in [0.2, 0.25) is 5.02 Å². The van der Waals surface area contributed by atoms with Crippen molar-refractivity contribution < 1.29 is 9.53 Å². The van der Waals surface area contributed by atoms with Gasteiger partial charge in [-0.1, -0.05) is 23.7 Å². The van der Waals surface area contributed by atoms with Crippen molar-refractivity contribution in [1.82, 2.24) is 5.32 Å². The number of alkyl carbamates (subject to hydrolysis) is 1. The predicted octanol–water partition coefficient (Wildman–Crippen LogP) is 2.78. The molecule has 16 heavy (non-hydrogen) atoms. The maximum Gasteiger partial charge on any atom is 0.413 e. The molecule has 0 aliphatic carbocycles. The molecule has 1 amide bonds. The van der Waals surface area contributed by atoms with Crippen molar-refractivity contribution in [3.63, 3.8) is 0 Å². The molecule has 0 bridgehead atoms. The normalized spacial score (nSPS) is 9.38. The number of benzene rings is 1. The van der Waals surface area contributed by atoms with Crippen LogP contribution in [0.3, 0.4) is 0 Å². The summed E-state index contributed by atoms with van der Waals surface area (Å²) >= 11 is 10.8. The van der Waals surface area contributed by atoms with Gasteiger partial charge >= 0.3 is 6.09 Å². The zero-order valence-electron chi connectivity index (χ0n) is 8.62. The topological polar surface area (TPSA) is 50.4 Å². The molecule has 0 saturated carbocycles. The van der Waals surface area contributed by atoms with Crippen molar-refractivity contribution in [3.05, 3.63) is 29.3 Å². The highest BCUT2D eigenvalue weighted by atomic mass is 35.5. The van der Waals surface area contributed by atoms with Crippen molar-refractivity contribution in [2.45, 2.75) is 6.92 Å². The second-order valence-corrected chi connectivity index (χ2v) is 3.59. The number of carbonyl (C=O) groups is 1. The zero-order valence-corrected chi connectivity index (χ0v) is 10.2. The van der Waals surface area contributed by atoms with Crippen LogP contribution in [0.5, 0.6) is 0 Å². The molecular formula is C10H11ClN2O2S. The van der Waals surface area contributed by atoms with Crippen molar-refractivity contribution in [1.29, 1.82) is 0 Å². The summed E-state index contributed by atoms with van der Waals surface area (Å²) in [6, 6.07) is 7.08. The number of para-hydroxylation sites is 1. The Morgan fingerprint density at radius 3 is 2.81 bits per heavy atom. The van der Waals surface area contributed by atoms with Crippen LogP contribution < -0.4 is 10.6 Å². The molecule has 0 aliphatic rings. The van der Waals surface area contributed by atoms with E-state index >= 15 is 0 Å². The number of anilines is 1. The van der Waals surface area contributed by atoms with Gasteiger partial charge in [0.2, 0.25) is 0 Å². The second kappa shape index (κ2) is 6.30. The quantitative estimate of drug-likeness (QED) is 0.801. The Labute approximate surface area is 104 Å². The zero-order chi connectivity index (χ0) is 12.0. The third-order valence-electron chi connectivity index (χ3n) is 1.61. The number of thiocarbonyl (C=S) groups is 1. The van der Waals surface area contributed by atoms with Crippen LogP contribution in [-0.2, 0) is 4.74 Å². The molecule has 1 rings (SSSR count). The SMILES string of the molecule is CCOC(=O)NC(=S)Nc1ccccc1Cl. The van der Waals surface area contributed by atoms with Gasteiger partial charge in [0.05, 0.1) is 17.3 Å². The molecule has 0 saturated heterocycles. The van der Waals surface area contributed by atoms with E-state index in [1.54, 1.807) is 31.2 Å². The highest BCUT2D eigenvalue weighted by Gasteiger charge is 2.05. The van der Waals surface area contributed by atoms with Crippen molar-refractivity contribution in [3.8, 4) is 0 Å². The standard InChI is InChI=1S/C10H11ClN2O2S/c1-2-15-10(14)13-9(16)12-8-6-4-3-5-7(8)11/h3-6H,2H2,1H3,(H2,12,13,14,16). The highest BCUT2D eigenvalue weighted by Crippen LogP contribution is 2.19. The molecule has 0 aromatic heterocycles. The van der Waals surface area contributed by atoms with Crippen LogP contribution in [0, 0.1) is 0 Å². The Hall–Kier alpha value is -1.33. The number of nitrogens with one attached hydrogen (secondary N) is 2. The lowest BCUT2D eigenvalue weighted by Crippen LogP contribution is -2.34. The van der Waals surface area contributed by atoms with Gasteiger partial charge in [0, 0.05) is 0 Å². The van der Waals surface area contributed by atoms with E-state index in [2.05, 4.69) is 15.4 Å². The van der Waals surface area contributed by atoms with E-state index in [4.69, 9.17) is 23.8 Å². The highest BCUT2D eigenvalue weighted by molar-refractivity contribution is 7.80. The lowest BCUT2D eigenvalue weighted by atomic mass is 10.3. The lowest BCUT2D eigenvalue weighted by molar-refractivity contribution is 0.158. The summed E-state index contributed by atoms with van der Waals surface area (Å²) in [5.41, 5.74) is 0.631. The van der Waals surface area contributed by atoms with Gasteiger partial charge < -0.3 is 10.1 Å². The van der Waals surface area contributed by atoms with Crippen LogP contribution in [0.1, 0.15) is 6.92 Å².